The molecule has 2 unspecified atom stereocenters. The molecule has 2 fully saturated rings. The normalized spacial score (nSPS) is 26.0. The molecule has 0 spiro atoms. The molecule has 3 rings (SSSR count). The van der Waals surface area contributed by atoms with Gasteiger partial charge in [0.1, 0.15) is 12.1 Å². The fourth-order valence-electron chi connectivity index (χ4n) is 3.39. The van der Waals surface area contributed by atoms with Gasteiger partial charge < -0.3 is 9.80 Å². The zero-order valence-electron chi connectivity index (χ0n) is 12.4. The predicted molar refractivity (Wildman–Crippen MR) is 78.2 cm³/mol. The lowest BCUT2D eigenvalue weighted by Gasteiger charge is -2.46. The van der Waals surface area contributed by atoms with Crippen molar-refractivity contribution in [3.8, 4) is 0 Å². The fourth-order valence-corrected chi connectivity index (χ4v) is 3.39. The Morgan fingerprint density at radius 2 is 2.14 bits per heavy atom. The Kier molecular flexibility index (Phi) is 3.90. The van der Waals surface area contributed by atoms with Crippen LogP contribution in [0.3, 0.4) is 0 Å². The average Bonchev–Trinajstić information content (AvgIpc) is 2.54. The van der Waals surface area contributed by atoms with E-state index < -0.39 is 0 Å². The van der Waals surface area contributed by atoms with Gasteiger partial charge in [0.2, 0.25) is 11.8 Å². The van der Waals surface area contributed by atoms with Crippen LogP contribution in [0.25, 0.3) is 0 Å². The quantitative estimate of drug-likeness (QED) is 0.848. The van der Waals surface area contributed by atoms with Crippen molar-refractivity contribution in [3.63, 3.8) is 0 Å². The molecular weight excluding hydrogens is 266 g/mol. The monoisotopic (exact) mass is 287 g/mol. The fraction of sp³-hybridized carbons (Fsp3) is 0.562. The van der Waals surface area contributed by atoms with Gasteiger partial charge in [0, 0.05) is 25.5 Å². The van der Waals surface area contributed by atoms with Gasteiger partial charge in [0.05, 0.1) is 0 Å². The molecule has 1 aromatic rings. The van der Waals surface area contributed by atoms with Gasteiger partial charge in [0.25, 0.3) is 0 Å². The van der Waals surface area contributed by atoms with Crippen molar-refractivity contribution in [3.05, 3.63) is 30.1 Å². The SMILES string of the molecule is CCC1C(=O)N2CCCCC2C(=O)N1Cc1cccnc1. The third-order valence-corrected chi connectivity index (χ3v) is 4.48. The topological polar surface area (TPSA) is 53.5 Å². The number of aromatic nitrogens is 1. The van der Waals surface area contributed by atoms with Crippen LogP contribution in [0.15, 0.2) is 24.5 Å². The zero-order valence-corrected chi connectivity index (χ0v) is 12.4. The summed E-state index contributed by atoms with van der Waals surface area (Å²) >= 11 is 0. The summed E-state index contributed by atoms with van der Waals surface area (Å²) < 4.78 is 0. The highest BCUT2D eigenvalue weighted by molar-refractivity contribution is 5.97. The summed E-state index contributed by atoms with van der Waals surface area (Å²) in [6.07, 6.45) is 6.97. The molecule has 2 amide bonds. The Bertz CT molecular complexity index is 532. The molecule has 2 saturated heterocycles. The number of fused-ring (bicyclic) bond motifs is 1. The van der Waals surface area contributed by atoms with Crippen molar-refractivity contribution in [1.82, 2.24) is 14.8 Å². The average molecular weight is 287 g/mol. The largest absolute Gasteiger partial charge is 0.329 e. The molecule has 1 aromatic heterocycles. The van der Waals surface area contributed by atoms with E-state index in [1.165, 1.54) is 0 Å². The molecule has 2 aliphatic rings. The van der Waals surface area contributed by atoms with E-state index in [9.17, 15) is 9.59 Å². The van der Waals surface area contributed by atoms with Crippen LogP contribution in [0.5, 0.6) is 0 Å². The van der Waals surface area contributed by atoms with E-state index in [0.29, 0.717) is 13.0 Å². The van der Waals surface area contributed by atoms with E-state index in [4.69, 9.17) is 0 Å². The van der Waals surface area contributed by atoms with E-state index in [-0.39, 0.29) is 23.9 Å². The molecule has 21 heavy (non-hydrogen) atoms. The van der Waals surface area contributed by atoms with Crippen molar-refractivity contribution < 1.29 is 9.59 Å². The van der Waals surface area contributed by atoms with E-state index in [0.717, 1.165) is 31.4 Å². The van der Waals surface area contributed by atoms with E-state index in [1.807, 2.05) is 19.1 Å². The van der Waals surface area contributed by atoms with Crippen molar-refractivity contribution >= 4 is 11.8 Å². The highest BCUT2D eigenvalue weighted by Gasteiger charge is 2.45. The first-order chi connectivity index (χ1) is 10.2. The van der Waals surface area contributed by atoms with Crippen LogP contribution in [0.1, 0.15) is 38.2 Å². The number of amides is 2. The molecule has 0 aliphatic carbocycles. The second kappa shape index (κ2) is 5.84. The Morgan fingerprint density at radius 3 is 2.86 bits per heavy atom. The lowest BCUT2D eigenvalue weighted by Crippen LogP contribution is -2.65. The van der Waals surface area contributed by atoms with Crippen LogP contribution in [0, 0.1) is 0 Å². The zero-order chi connectivity index (χ0) is 14.8. The van der Waals surface area contributed by atoms with E-state index in [1.54, 1.807) is 22.2 Å². The number of hydrogen-bond donors (Lipinski definition) is 0. The molecule has 112 valence electrons. The summed E-state index contributed by atoms with van der Waals surface area (Å²) in [7, 11) is 0. The number of nitrogens with zero attached hydrogens (tertiary/aromatic N) is 3. The summed E-state index contributed by atoms with van der Waals surface area (Å²) in [6, 6.07) is 3.24. The van der Waals surface area contributed by atoms with Crippen molar-refractivity contribution in [2.75, 3.05) is 6.54 Å². The van der Waals surface area contributed by atoms with Crippen LogP contribution in [-0.4, -0.2) is 45.2 Å². The minimum absolute atomic E-state index is 0.102. The third-order valence-electron chi connectivity index (χ3n) is 4.48. The summed E-state index contributed by atoms with van der Waals surface area (Å²) in [6.45, 7) is 3.17. The Hall–Kier alpha value is -1.91. The van der Waals surface area contributed by atoms with E-state index >= 15 is 0 Å². The molecule has 2 atom stereocenters. The lowest BCUT2D eigenvalue weighted by molar-refractivity contribution is -0.164. The second-order valence-electron chi connectivity index (χ2n) is 5.79. The number of rotatable bonds is 3. The Labute approximate surface area is 124 Å². The van der Waals surface area contributed by atoms with Crippen molar-refractivity contribution in [2.24, 2.45) is 0 Å². The maximum atomic E-state index is 12.8. The predicted octanol–water partition coefficient (Wildman–Crippen LogP) is 1.58. The van der Waals surface area contributed by atoms with Crippen LogP contribution in [0.4, 0.5) is 0 Å². The lowest BCUT2D eigenvalue weighted by atomic mass is 9.94. The number of pyridine rings is 1. The third kappa shape index (κ3) is 2.52. The maximum absolute atomic E-state index is 12.8. The molecular formula is C16H21N3O2. The van der Waals surface area contributed by atoms with Gasteiger partial charge in [-0.15, -0.1) is 0 Å². The van der Waals surface area contributed by atoms with Crippen LogP contribution in [-0.2, 0) is 16.1 Å². The summed E-state index contributed by atoms with van der Waals surface area (Å²) in [5.41, 5.74) is 0.973. The number of hydrogen-bond acceptors (Lipinski definition) is 3. The molecule has 0 bridgehead atoms. The summed E-state index contributed by atoms with van der Waals surface area (Å²) in [4.78, 5) is 33.1. The first kappa shape index (κ1) is 14.0. The molecule has 3 heterocycles. The molecule has 0 N–H and O–H groups in total. The highest BCUT2D eigenvalue weighted by atomic mass is 16.2. The van der Waals surface area contributed by atoms with Gasteiger partial charge in [0.15, 0.2) is 0 Å². The van der Waals surface area contributed by atoms with Crippen LogP contribution >= 0.6 is 0 Å². The van der Waals surface area contributed by atoms with Crippen molar-refractivity contribution in [1.29, 1.82) is 0 Å². The molecule has 0 saturated carbocycles. The number of carbonyl (C=O) groups is 2. The summed E-state index contributed by atoms with van der Waals surface area (Å²) in [5, 5.41) is 0. The van der Waals surface area contributed by atoms with Crippen LogP contribution < -0.4 is 0 Å². The Morgan fingerprint density at radius 1 is 1.29 bits per heavy atom. The second-order valence-corrected chi connectivity index (χ2v) is 5.79. The maximum Gasteiger partial charge on any atom is 0.246 e. The number of piperazine rings is 1. The van der Waals surface area contributed by atoms with Gasteiger partial charge in [-0.25, -0.2) is 0 Å². The van der Waals surface area contributed by atoms with Gasteiger partial charge in [-0.3, -0.25) is 14.6 Å². The first-order valence-corrected chi connectivity index (χ1v) is 7.72. The smallest absolute Gasteiger partial charge is 0.246 e. The molecule has 0 radical (unpaired) electrons. The number of carbonyl (C=O) groups excluding carboxylic acids is 2. The summed E-state index contributed by atoms with van der Waals surface area (Å²) in [5.74, 6) is 0.218. The van der Waals surface area contributed by atoms with Gasteiger partial charge >= 0.3 is 0 Å². The van der Waals surface area contributed by atoms with Gasteiger partial charge in [-0.1, -0.05) is 13.0 Å². The van der Waals surface area contributed by atoms with Crippen LogP contribution in [0.2, 0.25) is 0 Å². The van der Waals surface area contributed by atoms with Gasteiger partial charge in [-0.05, 0) is 37.3 Å². The molecule has 2 aliphatic heterocycles. The standard InChI is InChI=1S/C16H21N3O2/c1-2-13-15(20)18-9-4-3-7-14(18)16(21)19(13)11-12-6-5-8-17-10-12/h5-6,8,10,13-14H,2-4,7,9,11H2,1H3. The van der Waals surface area contributed by atoms with Crippen molar-refractivity contribution in [2.45, 2.75) is 51.2 Å². The minimum Gasteiger partial charge on any atom is -0.329 e. The molecule has 0 aromatic carbocycles. The molecule has 5 heteroatoms. The van der Waals surface area contributed by atoms with Gasteiger partial charge in [-0.2, -0.15) is 0 Å². The highest BCUT2D eigenvalue weighted by Crippen LogP contribution is 2.28. The first-order valence-electron chi connectivity index (χ1n) is 7.72. The minimum atomic E-state index is -0.327. The van der Waals surface area contributed by atoms with E-state index in [2.05, 4.69) is 4.98 Å². The Balaban J connectivity index is 1.86. The number of piperidine rings is 1. The molecule has 5 nitrogen and oxygen atoms in total.